The first-order valence-corrected chi connectivity index (χ1v) is 7.69. The van der Waals surface area contributed by atoms with E-state index in [-0.39, 0.29) is 11.7 Å². The van der Waals surface area contributed by atoms with Gasteiger partial charge in [0.2, 0.25) is 0 Å². The second kappa shape index (κ2) is 5.95. The Morgan fingerprint density at radius 1 is 1.42 bits per heavy atom. The molecular weight excluding hydrogens is 325 g/mol. The van der Waals surface area contributed by atoms with E-state index >= 15 is 0 Å². The molecule has 1 atom stereocenters. The highest BCUT2D eigenvalue weighted by Gasteiger charge is 2.38. The van der Waals surface area contributed by atoms with Crippen molar-refractivity contribution in [2.45, 2.75) is 38.4 Å². The van der Waals surface area contributed by atoms with Crippen LogP contribution in [0.3, 0.4) is 0 Å². The Morgan fingerprint density at radius 3 is 2.75 bits per heavy atom. The second-order valence-corrected chi connectivity index (χ2v) is 5.77. The van der Waals surface area contributed by atoms with Gasteiger partial charge in [-0.25, -0.2) is 0 Å². The molecule has 1 saturated heterocycles. The summed E-state index contributed by atoms with van der Waals surface area (Å²) in [5.74, 6) is 0.0303. The molecule has 6 nitrogen and oxygen atoms in total. The highest BCUT2D eigenvalue weighted by atomic mass is 19.4. The van der Waals surface area contributed by atoms with Crippen molar-refractivity contribution in [3.8, 4) is 0 Å². The number of carbonyl (C=O) groups excluding carboxylic acids is 1. The fourth-order valence-corrected chi connectivity index (χ4v) is 2.94. The summed E-state index contributed by atoms with van der Waals surface area (Å²) in [6.07, 6.45) is -2.41. The van der Waals surface area contributed by atoms with Crippen LogP contribution < -0.4 is 0 Å². The van der Waals surface area contributed by atoms with Gasteiger partial charge in [-0.3, -0.25) is 9.48 Å². The van der Waals surface area contributed by atoms with Gasteiger partial charge < -0.3 is 9.42 Å². The van der Waals surface area contributed by atoms with Gasteiger partial charge in [0.1, 0.15) is 5.69 Å². The summed E-state index contributed by atoms with van der Waals surface area (Å²) < 4.78 is 44.6. The topological polar surface area (TPSA) is 64.2 Å². The molecule has 1 amide bonds. The number of likely N-dealkylation sites (tertiary alicyclic amines) is 1. The molecule has 0 saturated carbocycles. The predicted octanol–water partition coefficient (Wildman–Crippen LogP) is 2.97. The third-order valence-electron chi connectivity index (χ3n) is 4.17. The lowest BCUT2D eigenvalue weighted by molar-refractivity contribution is -0.143. The first-order chi connectivity index (χ1) is 11.3. The van der Waals surface area contributed by atoms with E-state index in [0.29, 0.717) is 29.8 Å². The van der Waals surface area contributed by atoms with Crippen LogP contribution >= 0.6 is 0 Å². The molecule has 3 rings (SSSR count). The Kier molecular flexibility index (Phi) is 4.10. The molecule has 9 heteroatoms. The molecule has 1 aliphatic rings. The molecule has 1 fully saturated rings. The quantitative estimate of drug-likeness (QED) is 0.860. The zero-order valence-electron chi connectivity index (χ0n) is 13.3. The first-order valence-electron chi connectivity index (χ1n) is 7.69. The van der Waals surface area contributed by atoms with E-state index in [9.17, 15) is 18.0 Å². The standard InChI is InChI=1S/C15H17F3N4O2/c1-3-9-7-12(24-20-9)11-5-4-6-22(11)14(23)10-8-13(15(16,17)18)21(2)19-10/h7-8,11H,3-6H2,1-2H3/t11-/m0/s1. The summed E-state index contributed by atoms with van der Waals surface area (Å²) >= 11 is 0. The van der Waals surface area contributed by atoms with E-state index in [4.69, 9.17) is 4.52 Å². The van der Waals surface area contributed by atoms with Crippen LogP contribution in [-0.4, -0.2) is 32.3 Å². The lowest BCUT2D eigenvalue weighted by Gasteiger charge is -2.21. The maximum absolute atomic E-state index is 12.9. The van der Waals surface area contributed by atoms with Crippen LogP contribution in [0.15, 0.2) is 16.7 Å². The van der Waals surface area contributed by atoms with Crippen LogP contribution in [0, 0.1) is 0 Å². The minimum atomic E-state index is -4.55. The normalized spacial score (nSPS) is 18.4. The van der Waals surface area contributed by atoms with E-state index in [1.165, 1.54) is 11.9 Å². The van der Waals surface area contributed by atoms with Crippen molar-refractivity contribution < 1.29 is 22.5 Å². The number of aryl methyl sites for hydroxylation is 2. The maximum atomic E-state index is 12.9. The molecule has 0 radical (unpaired) electrons. The minimum absolute atomic E-state index is 0.216. The number of aromatic nitrogens is 3. The third-order valence-corrected chi connectivity index (χ3v) is 4.17. The average Bonchev–Trinajstić information content (AvgIpc) is 3.23. The number of alkyl halides is 3. The van der Waals surface area contributed by atoms with E-state index in [0.717, 1.165) is 18.2 Å². The molecule has 130 valence electrons. The Balaban J connectivity index is 1.86. The van der Waals surface area contributed by atoms with Crippen LogP contribution in [0.25, 0.3) is 0 Å². The molecule has 0 N–H and O–H groups in total. The number of amides is 1. The summed E-state index contributed by atoms with van der Waals surface area (Å²) in [4.78, 5) is 14.1. The third kappa shape index (κ3) is 2.90. The number of hydrogen-bond donors (Lipinski definition) is 0. The van der Waals surface area contributed by atoms with Crippen molar-refractivity contribution in [1.29, 1.82) is 0 Å². The highest BCUT2D eigenvalue weighted by Crippen LogP contribution is 2.34. The van der Waals surface area contributed by atoms with E-state index in [1.54, 1.807) is 6.07 Å². The molecular formula is C15H17F3N4O2. The van der Waals surface area contributed by atoms with Gasteiger partial charge in [-0.1, -0.05) is 12.1 Å². The molecule has 0 aliphatic carbocycles. The molecule has 24 heavy (non-hydrogen) atoms. The number of halogens is 3. The molecule has 0 aromatic carbocycles. The zero-order valence-corrected chi connectivity index (χ0v) is 13.3. The molecule has 0 unspecified atom stereocenters. The summed E-state index contributed by atoms with van der Waals surface area (Å²) in [6.45, 7) is 2.38. The maximum Gasteiger partial charge on any atom is 0.433 e. The highest BCUT2D eigenvalue weighted by molar-refractivity contribution is 5.93. The van der Waals surface area contributed by atoms with E-state index in [2.05, 4.69) is 10.3 Å². The summed E-state index contributed by atoms with van der Waals surface area (Å²) in [5.41, 5.74) is -0.386. The Hall–Kier alpha value is -2.32. The van der Waals surface area contributed by atoms with Crippen molar-refractivity contribution in [3.05, 3.63) is 35.0 Å². The lowest BCUT2D eigenvalue weighted by Crippen LogP contribution is -2.30. The van der Waals surface area contributed by atoms with Crippen LogP contribution in [-0.2, 0) is 19.6 Å². The lowest BCUT2D eigenvalue weighted by atomic mass is 10.1. The van der Waals surface area contributed by atoms with Crippen LogP contribution in [0.5, 0.6) is 0 Å². The van der Waals surface area contributed by atoms with E-state index in [1.807, 2.05) is 6.92 Å². The Labute approximate surface area is 136 Å². The smallest absolute Gasteiger partial charge is 0.359 e. The van der Waals surface area contributed by atoms with Crippen molar-refractivity contribution >= 4 is 5.91 Å². The molecule has 2 aromatic heterocycles. The van der Waals surface area contributed by atoms with Gasteiger partial charge in [0.25, 0.3) is 5.91 Å². The van der Waals surface area contributed by atoms with Crippen molar-refractivity contribution in [2.75, 3.05) is 6.54 Å². The van der Waals surface area contributed by atoms with Gasteiger partial charge >= 0.3 is 6.18 Å². The SMILES string of the molecule is CCc1cc([C@@H]2CCCN2C(=O)c2cc(C(F)(F)F)n(C)n2)on1. The summed E-state index contributed by atoms with van der Waals surface area (Å²) in [7, 11) is 1.17. The number of rotatable bonds is 3. The zero-order chi connectivity index (χ0) is 17.5. The van der Waals surface area contributed by atoms with Crippen molar-refractivity contribution in [1.82, 2.24) is 19.8 Å². The molecule has 3 heterocycles. The summed E-state index contributed by atoms with van der Waals surface area (Å²) in [5, 5.41) is 7.65. The fraction of sp³-hybridized carbons (Fsp3) is 0.533. The number of nitrogens with zero attached hydrogens (tertiary/aromatic N) is 4. The van der Waals surface area contributed by atoms with Gasteiger partial charge in [0.05, 0.1) is 11.7 Å². The summed E-state index contributed by atoms with van der Waals surface area (Å²) in [6, 6.07) is 2.26. The van der Waals surface area contributed by atoms with Crippen molar-refractivity contribution in [2.24, 2.45) is 7.05 Å². The van der Waals surface area contributed by atoms with Crippen LogP contribution in [0.4, 0.5) is 13.2 Å². The predicted molar refractivity (Wildman–Crippen MR) is 77.1 cm³/mol. The van der Waals surface area contributed by atoms with Crippen LogP contribution in [0.1, 0.15) is 53.4 Å². The first kappa shape index (κ1) is 16.5. The molecule has 0 bridgehead atoms. The monoisotopic (exact) mass is 342 g/mol. The largest absolute Gasteiger partial charge is 0.433 e. The number of hydrogen-bond acceptors (Lipinski definition) is 4. The fourth-order valence-electron chi connectivity index (χ4n) is 2.94. The van der Waals surface area contributed by atoms with Gasteiger partial charge in [-0.15, -0.1) is 0 Å². The second-order valence-electron chi connectivity index (χ2n) is 5.77. The Morgan fingerprint density at radius 2 is 2.17 bits per heavy atom. The molecule has 2 aromatic rings. The van der Waals surface area contributed by atoms with Gasteiger partial charge in [0.15, 0.2) is 11.5 Å². The minimum Gasteiger partial charge on any atom is -0.359 e. The number of carbonyl (C=O) groups is 1. The average molecular weight is 342 g/mol. The molecule has 1 aliphatic heterocycles. The van der Waals surface area contributed by atoms with Crippen molar-refractivity contribution in [3.63, 3.8) is 0 Å². The van der Waals surface area contributed by atoms with Gasteiger partial charge in [-0.05, 0) is 19.3 Å². The van der Waals surface area contributed by atoms with Crippen LogP contribution in [0.2, 0.25) is 0 Å². The molecule has 0 spiro atoms. The van der Waals surface area contributed by atoms with E-state index < -0.39 is 17.8 Å². The Bertz CT molecular complexity index is 750. The van der Waals surface area contributed by atoms with Gasteiger partial charge in [-0.2, -0.15) is 18.3 Å². The van der Waals surface area contributed by atoms with Gasteiger partial charge in [0, 0.05) is 25.7 Å².